The summed E-state index contributed by atoms with van der Waals surface area (Å²) in [6, 6.07) is 0. The van der Waals surface area contributed by atoms with E-state index in [0.29, 0.717) is 25.9 Å². The molecule has 0 aliphatic rings. The topological polar surface area (TPSA) is 80.0 Å². The van der Waals surface area contributed by atoms with Crippen LogP contribution in [0, 0.1) is 5.92 Å². The minimum atomic E-state index is -0.851. The standard InChI is InChI=1S/C13H24N4O2/c1-4-11(2)13(3,19)8-15-12(18)6-5-7-17-10-14-9-16-17/h9-11,19H,4-8H2,1-3H3,(H,15,18). The van der Waals surface area contributed by atoms with E-state index in [0.717, 1.165) is 6.42 Å². The largest absolute Gasteiger partial charge is 0.388 e. The molecule has 108 valence electrons. The Balaban J connectivity index is 2.20. The summed E-state index contributed by atoms with van der Waals surface area (Å²) >= 11 is 0. The summed E-state index contributed by atoms with van der Waals surface area (Å²) in [6.07, 6.45) is 5.13. The summed E-state index contributed by atoms with van der Waals surface area (Å²) in [7, 11) is 0. The molecule has 2 atom stereocenters. The van der Waals surface area contributed by atoms with Gasteiger partial charge in [0.25, 0.3) is 0 Å². The van der Waals surface area contributed by atoms with Gasteiger partial charge in [-0.3, -0.25) is 9.48 Å². The third kappa shape index (κ3) is 5.38. The molecule has 0 spiro atoms. The number of hydrogen-bond donors (Lipinski definition) is 2. The van der Waals surface area contributed by atoms with E-state index in [1.165, 1.54) is 6.33 Å². The van der Waals surface area contributed by atoms with Gasteiger partial charge in [-0.25, -0.2) is 4.98 Å². The molecule has 0 aromatic carbocycles. The molecule has 1 amide bonds. The lowest BCUT2D eigenvalue weighted by Crippen LogP contribution is -2.45. The van der Waals surface area contributed by atoms with Crippen LogP contribution in [0.1, 0.15) is 40.0 Å². The van der Waals surface area contributed by atoms with E-state index in [2.05, 4.69) is 15.4 Å². The van der Waals surface area contributed by atoms with Crippen LogP contribution in [0.4, 0.5) is 0 Å². The average Bonchev–Trinajstić information content (AvgIpc) is 2.88. The molecular weight excluding hydrogens is 244 g/mol. The quantitative estimate of drug-likeness (QED) is 0.736. The maximum absolute atomic E-state index is 11.7. The zero-order chi connectivity index (χ0) is 14.3. The normalized spacial score (nSPS) is 15.8. The molecule has 0 saturated carbocycles. The fourth-order valence-electron chi connectivity index (χ4n) is 1.73. The highest BCUT2D eigenvalue weighted by molar-refractivity contribution is 5.75. The summed E-state index contributed by atoms with van der Waals surface area (Å²) < 4.78 is 1.70. The minimum Gasteiger partial charge on any atom is -0.388 e. The lowest BCUT2D eigenvalue weighted by atomic mass is 9.88. The molecule has 0 radical (unpaired) electrons. The van der Waals surface area contributed by atoms with Crippen molar-refractivity contribution >= 4 is 5.91 Å². The number of nitrogens with zero attached hydrogens (tertiary/aromatic N) is 3. The second-order valence-corrected chi connectivity index (χ2v) is 5.21. The number of aliphatic hydroxyl groups is 1. The van der Waals surface area contributed by atoms with E-state index >= 15 is 0 Å². The Hall–Kier alpha value is -1.43. The predicted octanol–water partition coefficient (Wildman–Crippen LogP) is 0.972. The minimum absolute atomic E-state index is 0.0382. The number of hydrogen-bond acceptors (Lipinski definition) is 4. The lowest BCUT2D eigenvalue weighted by Gasteiger charge is -2.29. The van der Waals surface area contributed by atoms with Crippen molar-refractivity contribution in [2.24, 2.45) is 5.92 Å². The number of nitrogens with one attached hydrogen (secondary N) is 1. The Labute approximate surface area is 114 Å². The van der Waals surface area contributed by atoms with Gasteiger partial charge in [0.1, 0.15) is 12.7 Å². The van der Waals surface area contributed by atoms with Crippen LogP contribution in [0.3, 0.4) is 0 Å². The molecule has 0 saturated heterocycles. The van der Waals surface area contributed by atoms with Gasteiger partial charge in [-0.2, -0.15) is 5.10 Å². The van der Waals surface area contributed by atoms with E-state index < -0.39 is 5.60 Å². The molecule has 1 rings (SSSR count). The van der Waals surface area contributed by atoms with E-state index in [-0.39, 0.29) is 11.8 Å². The van der Waals surface area contributed by atoms with Gasteiger partial charge in [0.05, 0.1) is 5.60 Å². The first kappa shape index (κ1) is 15.6. The van der Waals surface area contributed by atoms with Gasteiger partial charge in [0, 0.05) is 19.5 Å². The Kier molecular flexibility index (Phi) is 5.95. The molecule has 1 aromatic heterocycles. The molecule has 0 bridgehead atoms. The second-order valence-electron chi connectivity index (χ2n) is 5.21. The molecule has 6 nitrogen and oxygen atoms in total. The van der Waals surface area contributed by atoms with E-state index in [9.17, 15) is 9.90 Å². The Morgan fingerprint density at radius 3 is 2.89 bits per heavy atom. The Morgan fingerprint density at radius 2 is 2.32 bits per heavy atom. The van der Waals surface area contributed by atoms with Gasteiger partial charge < -0.3 is 10.4 Å². The zero-order valence-corrected chi connectivity index (χ0v) is 12.0. The van der Waals surface area contributed by atoms with E-state index in [1.54, 1.807) is 17.9 Å². The van der Waals surface area contributed by atoms with Crippen LogP contribution in [0.25, 0.3) is 0 Å². The maximum atomic E-state index is 11.7. The zero-order valence-electron chi connectivity index (χ0n) is 12.0. The monoisotopic (exact) mass is 268 g/mol. The van der Waals surface area contributed by atoms with Crippen LogP contribution >= 0.6 is 0 Å². The van der Waals surface area contributed by atoms with Gasteiger partial charge in [-0.1, -0.05) is 20.3 Å². The van der Waals surface area contributed by atoms with Crippen molar-refractivity contribution in [1.82, 2.24) is 20.1 Å². The summed E-state index contributed by atoms with van der Waals surface area (Å²) in [4.78, 5) is 15.5. The maximum Gasteiger partial charge on any atom is 0.220 e. The lowest BCUT2D eigenvalue weighted by molar-refractivity contribution is -0.122. The molecule has 1 aromatic rings. The van der Waals surface area contributed by atoms with Crippen molar-refractivity contribution in [2.45, 2.75) is 52.2 Å². The first-order valence-electron chi connectivity index (χ1n) is 6.77. The number of amides is 1. The molecule has 1 heterocycles. The first-order valence-corrected chi connectivity index (χ1v) is 6.77. The summed E-state index contributed by atoms with van der Waals surface area (Å²) in [5, 5.41) is 16.9. The van der Waals surface area contributed by atoms with Gasteiger partial charge in [-0.15, -0.1) is 0 Å². The Bertz CT molecular complexity index is 376. The van der Waals surface area contributed by atoms with Gasteiger partial charge in [0.2, 0.25) is 5.91 Å². The van der Waals surface area contributed by atoms with Crippen molar-refractivity contribution in [3.63, 3.8) is 0 Å². The van der Waals surface area contributed by atoms with Crippen molar-refractivity contribution in [3.05, 3.63) is 12.7 Å². The smallest absolute Gasteiger partial charge is 0.220 e. The number of carbonyl (C=O) groups excluding carboxylic acids is 1. The summed E-state index contributed by atoms with van der Waals surface area (Å²) in [6.45, 7) is 6.74. The average molecular weight is 268 g/mol. The van der Waals surface area contributed by atoms with Crippen molar-refractivity contribution in [2.75, 3.05) is 6.54 Å². The molecule has 0 aliphatic heterocycles. The third-order valence-electron chi connectivity index (χ3n) is 3.58. The van der Waals surface area contributed by atoms with Crippen molar-refractivity contribution < 1.29 is 9.90 Å². The number of carbonyl (C=O) groups is 1. The van der Waals surface area contributed by atoms with Crippen LogP contribution < -0.4 is 5.32 Å². The molecule has 0 fully saturated rings. The fraction of sp³-hybridized carbons (Fsp3) is 0.769. The third-order valence-corrected chi connectivity index (χ3v) is 3.58. The molecule has 19 heavy (non-hydrogen) atoms. The fourth-order valence-corrected chi connectivity index (χ4v) is 1.73. The second kappa shape index (κ2) is 7.23. The van der Waals surface area contributed by atoms with Crippen LogP contribution in [0.15, 0.2) is 12.7 Å². The predicted molar refractivity (Wildman–Crippen MR) is 72.3 cm³/mol. The molecule has 2 N–H and O–H groups in total. The van der Waals surface area contributed by atoms with Gasteiger partial charge >= 0.3 is 0 Å². The highest BCUT2D eigenvalue weighted by atomic mass is 16.3. The summed E-state index contributed by atoms with van der Waals surface area (Å²) in [5.74, 6) is 0.117. The van der Waals surface area contributed by atoms with Crippen LogP contribution in [-0.2, 0) is 11.3 Å². The summed E-state index contributed by atoms with van der Waals surface area (Å²) in [5.41, 5.74) is -0.851. The van der Waals surface area contributed by atoms with E-state index in [1.807, 2.05) is 13.8 Å². The number of aromatic nitrogens is 3. The molecule has 2 unspecified atom stereocenters. The Morgan fingerprint density at radius 1 is 1.58 bits per heavy atom. The molecular formula is C13H24N4O2. The van der Waals surface area contributed by atoms with Crippen molar-refractivity contribution in [3.8, 4) is 0 Å². The molecule has 6 heteroatoms. The molecule has 0 aliphatic carbocycles. The number of rotatable bonds is 8. The number of aryl methyl sites for hydroxylation is 1. The highest BCUT2D eigenvalue weighted by Crippen LogP contribution is 2.18. The first-order chi connectivity index (χ1) is 8.95. The highest BCUT2D eigenvalue weighted by Gasteiger charge is 2.27. The van der Waals surface area contributed by atoms with Crippen LogP contribution in [0.2, 0.25) is 0 Å². The van der Waals surface area contributed by atoms with Gasteiger partial charge in [-0.05, 0) is 19.3 Å². The van der Waals surface area contributed by atoms with Crippen LogP contribution in [-0.4, -0.2) is 37.9 Å². The van der Waals surface area contributed by atoms with E-state index in [4.69, 9.17) is 0 Å². The van der Waals surface area contributed by atoms with Gasteiger partial charge in [0.15, 0.2) is 0 Å². The SMILES string of the molecule is CCC(C)C(C)(O)CNC(=O)CCCn1cncn1. The van der Waals surface area contributed by atoms with Crippen LogP contribution in [0.5, 0.6) is 0 Å². The van der Waals surface area contributed by atoms with Crippen molar-refractivity contribution in [1.29, 1.82) is 0 Å².